The zero-order valence-corrected chi connectivity index (χ0v) is 22.5. The van der Waals surface area contributed by atoms with Crippen molar-refractivity contribution >= 4 is 17.5 Å². The lowest BCUT2D eigenvalue weighted by atomic mass is 10.2. The molecule has 3 heterocycles. The summed E-state index contributed by atoms with van der Waals surface area (Å²) >= 11 is 0. The summed E-state index contributed by atoms with van der Waals surface area (Å²) in [4.78, 5) is 17.2. The van der Waals surface area contributed by atoms with Crippen molar-refractivity contribution in [2.75, 3.05) is 10.6 Å². The van der Waals surface area contributed by atoms with Crippen LogP contribution in [0.3, 0.4) is 0 Å². The van der Waals surface area contributed by atoms with Crippen LogP contribution in [0.25, 0.3) is 16.9 Å². The third kappa shape index (κ3) is 6.39. The van der Waals surface area contributed by atoms with Gasteiger partial charge in [0.05, 0.1) is 40.6 Å². The number of hydrogen-bond acceptors (Lipinski definition) is 6. The number of amides is 2. The molecule has 0 saturated carbocycles. The fraction of sp³-hybridized carbons (Fsp3) is 0.167. The highest BCUT2D eigenvalue weighted by Gasteiger charge is 2.15. The first-order valence-corrected chi connectivity index (χ1v) is 13.1. The Morgan fingerprint density at radius 3 is 2.71 bits per heavy atom. The van der Waals surface area contributed by atoms with Crippen molar-refractivity contribution in [1.82, 2.24) is 24.5 Å². The molecule has 10 nitrogen and oxygen atoms in total. The van der Waals surface area contributed by atoms with Crippen LogP contribution in [0.1, 0.15) is 31.5 Å². The lowest BCUT2D eigenvalue weighted by Crippen LogP contribution is -2.22. The molecule has 0 atom stereocenters. The molecule has 0 unspecified atom stereocenters. The van der Waals surface area contributed by atoms with Crippen molar-refractivity contribution in [3.05, 3.63) is 96.3 Å². The number of anilines is 2. The van der Waals surface area contributed by atoms with E-state index in [1.807, 2.05) is 17.8 Å². The number of pyridine rings is 1. The monoisotopic (exact) mass is 550 g/mol. The molecule has 41 heavy (non-hydrogen) atoms. The van der Waals surface area contributed by atoms with Gasteiger partial charge in [0.25, 0.3) is 0 Å². The number of nitrogens with zero attached hydrogens (tertiary/aromatic N) is 6. The number of nitrogens with one attached hydrogen (secondary N) is 2. The van der Waals surface area contributed by atoms with Gasteiger partial charge in [-0.15, -0.1) is 0 Å². The number of benzene rings is 2. The van der Waals surface area contributed by atoms with Gasteiger partial charge in [0.1, 0.15) is 23.1 Å². The average molecular weight is 551 g/mol. The molecule has 2 amide bonds. The number of urea groups is 1. The summed E-state index contributed by atoms with van der Waals surface area (Å²) in [6.07, 6.45) is 6.88. The first-order chi connectivity index (χ1) is 19.9. The van der Waals surface area contributed by atoms with Crippen molar-refractivity contribution in [2.24, 2.45) is 0 Å². The van der Waals surface area contributed by atoms with Gasteiger partial charge in [0.15, 0.2) is 0 Å². The molecular weight excluding hydrogens is 523 g/mol. The van der Waals surface area contributed by atoms with E-state index in [4.69, 9.17) is 4.74 Å². The van der Waals surface area contributed by atoms with Crippen LogP contribution in [-0.2, 0) is 13.0 Å². The van der Waals surface area contributed by atoms with Crippen molar-refractivity contribution < 1.29 is 13.9 Å². The summed E-state index contributed by atoms with van der Waals surface area (Å²) in [5.74, 6) is 0.452. The van der Waals surface area contributed by atoms with Gasteiger partial charge in [-0.2, -0.15) is 15.5 Å². The Balaban J connectivity index is 1.27. The van der Waals surface area contributed by atoms with E-state index in [1.54, 1.807) is 60.9 Å². The molecule has 11 heteroatoms. The molecule has 0 bridgehead atoms. The normalized spacial score (nSPS) is 10.7. The topological polar surface area (TPSA) is 123 Å². The molecule has 0 aliphatic carbocycles. The Bertz CT molecular complexity index is 1740. The van der Waals surface area contributed by atoms with Gasteiger partial charge in [0.2, 0.25) is 0 Å². The largest absolute Gasteiger partial charge is 0.457 e. The van der Waals surface area contributed by atoms with Crippen LogP contribution in [0.4, 0.5) is 20.7 Å². The molecule has 2 aromatic carbocycles. The second kappa shape index (κ2) is 12.1. The molecule has 3 aromatic heterocycles. The van der Waals surface area contributed by atoms with Crippen molar-refractivity contribution in [1.29, 1.82) is 5.26 Å². The second-order valence-electron chi connectivity index (χ2n) is 9.14. The number of hydrogen-bond donors (Lipinski definition) is 2. The highest BCUT2D eigenvalue weighted by molar-refractivity contribution is 5.99. The predicted molar refractivity (Wildman–Crippen MR) is 153 cm³/mol. The number of halogens is 1. The minimum Gasteiger partial charge on any atom is -0.457 e. The van der Waals surface area contributed by atoms with E-state index >= 15 is 0 Å². The summed E-state index contributed by atoms with van der Waals surface area (Å²) < 4.78 is 24.2. The molecule has 0 radical (unpaired) electrons. The Morgan fingerprint density at radius 2 is 1.93 bits per heavy atom. The van der Waals surface area contributed by atoms with Gasteiger partial charge >= 0.3 is 6.03 Å². The summed E-state index contributed by atoms with van der Waals surface area (Å²) in [6.45, 7) is 4.83. The number of rotatable bonds is 9. The lowest BCUT2D eigenvalue weighted by molar-refractivity contribution is 0.262. The van der Waals surface area contributed by atoms with Gasteiger partial charge in [0, 0.05) is 42.7 Å². The number of nitriles is 1. The fourth-order valence-electron chi connectivity index (χ4n) is 4.14. The average Bonchev–Trinajstić information content (AvgIpc) is 3.62. The molecule has 5 aromatic rings. The zero-order chi connectivity index (χ0) is 28.8. The van der Waals surface area contributed by atoms with E-state index < -0.39 is 11.8 Å². The molecule has 5 rings (SSSR count). The highest BCUT2D eigenvalue weighted by atomic mass is 19.1. The predicted octanol–water partition coefficient (Wildman–Crippen LogP) is 6.55. The summed E-state index contributed by atoms with van der Waals surface area (Å²) in [7, 11) is 0. The quantitative estimate of drug-likeness (QED) is 0.215. The lowest BCUT2D eigenvalue weighted by Gasteiger charge is -2.12. The second-order valence-corrected chi connectivity index (χ2v) is 9.14. The summed E-state index contributed by atoms with van der Waals surface area (Å²) in [6, 6.07) is 17.6. The molecule has 2 N–H and O–H groups in total. The number of aryl methyl sites for hydroxylation is 2. The number of carbonyl (C=O) groups excluding carboxylic acids is 1. The molecule has 206 valence electrons. The summed E-state index contributed by atoms with van der Waals surface area (Å²) in [5.41, 5.74) is 3.32. The molecule has 0 aliphatic heterocycles. The molecule has 0 aliphatic rings. The number of aromatic nitrogens is 5. The van der Waals surface area contributed by atoms with Crippen molar-refractivity contribution in [3.63, 3.8) is 0 Å². The highest BCUT2D eigenvalue weighted by Crippen LogP contribution is 2.28. The molecular formula is C30H27FN8O2. The van der Waals surface area contributed by atoms with Crippen LogP contribution in [0.2, 0.25) is 0 Å². The maximum absolute atomic E-state index is 15.0. The Hall–Kier alpha value is -5.50. The molecule has 0 saturated heterocycles. The van der Waals surface area contributed by atoms with Crippen LogP contribution in [0, 0.1) is 17.1 Å². The zero-order valence-electron chi connectivity index (χ0n) is 22.5. The van der Waals surface area contributed by atoms with Crippen LogP contribution in [-0.4, -0.2) is 30.6 Å². The Morgan fingerprint density at radius 1 is 1.07 bits per heavy atom. The first-order valence-electron chi connectivity index (χ1n) is 13.1. The van der Waals surface area contributed by atoms with E-state index in [0.717, 1.165) is 24.2 Å². The van der Waals surface area contributed by atoms with Crippen LogP contribution in [0.15, 0.2) is 79.3 Å². The van der Waals surface area contributed by atoms with Crippen LogP contribution >= 0.6 is 0 Å². The van der Waals surface area contributed by atoms with E-state index in [-0.39, 0.29) is 11.4 Å². The van der Waals surface area contributed by atoms with Gasteiger partial charge in [-0.1, -0.05) is 19.9 Å². The van der Waals surface area contributed by atoms with Crippen molar-refractivity contribution in [3.8, 4) is 34.5 Å². The maximum Gasteiger partial charge on any atom is 0.324 e. The summed E-state index contributed by atoms with van der Waals surface area (Å²) in [5, 5.41) is 23.3. The molecule has 0 spiro atoms. The minimum atomic E-state index is -0.669. The van der Waals surface area contributed by atoms with Crippen molar-refractivity contribution in [2.45, 2.75) is 33.2 Å². The van der Waals surface area contributed by atoms with Gasteiger partial charge in [-0.25, -0.2) is 13.9 Å². The van der Waals surface area contributed by atoms with E-state index in [2.05, 4.69) is 38.8 Å². The first kappa shape index (κ1) is 27.1. The smallest absolute Gasteiger partial charge is 0.324 e. The van der Waals surface area contributed by atoms with Gasteiger partial charge < -0.3 is 10.1 Å². The third-order valence-electron chi connectivity index (χ3n) is 6.12. The maximum atomic E-state index is 15.0. The Labute approximate surface area is 236 Å². The third-order valence-corrected chi connectivity index (χ3v) is 6.12. The van der Waals surface area contributed by atoms with E-state index in [0.29, 0.717) is 34.9 Å². The SMILES string of the molecule is CCCn1cc(-c2cc(Oc3ccc(NC(=O)Nc4cc(CC)nn4-c4cccc(C#N)c4)c(F)c3)ccn2)cn1. The number of ether oxygens (including phenoxy) is 1. The number of carbonyl (C=O) groups is 1. The van der Waals surface area contributed by atoms with Crippen LogP contribution < -0.4 is 15.4 Å². The van der Waals surface area contributed by atoms with Gasteiger partial charge in [-0.05, 0) is 49.2 Å². The minimum absolute atomic E-state index is 0.0261. The van der Waals surface area contributed by atoms with E-state index in [9.17, 15) is 14.4 Å². The fourth-order valence-corrected chi connectivity index (χ4v) is 4.14. The molecule has 0 fully saturated rings. The van der Waals surface area contributed by atoms with Crippen LogP contribution in [0.5, 0.6) is 11.5 Å². The Kier molecular flexibility index (Phi) is 8.01. The standard InChI is InChI=1S/C30H27FN8O2/c1-3-12-38-19-21(18-34-38)28-16-25(10-11-33-28)41-24-8-9-27(26(31)15-24)35-30(40)36-29-14-22(4-2)37-39(29)23-7-5-6-20(13-23)17-32/h5-11,13-16,18-19H,3-4,12H2,1-2H3,(H2,35,36,40). The van der Waals surface area contributed by atoms with E-state index in [1.165, 1.54) is 16.8 Å². The van der Waals surface area contributed by atoms with Gasteiger partial charge in [-0.3, -0.25) is 15.0 Å².